The first-order valence-electron chi connectivity index (χ1n) is 8.32. The van der Waals surface area contributed by atoms with Crippen molar-refractivity contribution < 1.29 is 9.53 Å². The molecular weight excluding hydrogens is 292 g/mol. The highest BCUT2D eigenvalue weighted by atomic mass is 16.6. The second-order valence-electron chi connectivity index (χ2n) is 7.13. The molecule has 1 rings (SSSR count). The number of carbonyl (C=O) groups is 1. The van der Waals surface area contributed by atoms with Gasteiger partial charge in [-0.05, 0) is 40.5 Å². The third-order valence-corrected chi connectivity index (χ3v) is 4.01. The Morgan fingerprint density at radius 1 is 1.30 bits per heavy atom. The zero-order valence-electron chi connectivity index (χ0n) is 15.6. The van der Waals surface area contributed by atoms with Crippen molar-refractivity contribution in [3.63, 3.8) is 0 Å². The predicted octanol–water partition coefficient (Wildman–Crippen LogP) is 2.90. The summed E-state index contributed by atoms with van der Waals surface area (Å²) in [6.45, 7) is 13.2. The van der Waals surface area contributed by atoms with Gasteiger partial charge in [0.15, 0.2) is 0 Å². The molecule has 1 aromatic heterocycles. The first-order valence-corrected chi connectivity index (χ1v) is 8.32. The lowest BCUT2D eigenvalue weighted by Crippen LogP contribution is -2.55. The third kappa shape index (κ3) is 6.22. The second-order valence-corrected chi connectivity index (χ2v) is 7.13. The summed E-state index contributed by atoms with van der Waals surface area (Å²) in [7, 11) is 1.92. The van der Waals surface area contributed by atoms with Crippen LogP contribution in [0.3, 0.4) is 0 Å². The minimum Gasteiger partial charge on any atom is -0.444 e. The molecule has 132 valence electrons. The number of rotatable bonds is 7. The van der Waals surface area contributed by atoms with Crippen LogP contribution in [0, 0.1) is 6.92 Å². The Balaban J connectivity index is 2.62. The molecule has 0 bridgehead atoms. The maximum Gasteiger partial charge on any atom is 0.408 e. The fourth-order valence-corrected chi connectivity index (χ4v) is 2.50. The highest BCUT2D eigenvalue weighted by molar-refractivity contribution is 5.68. The summed E-state index contributed by atoms with van der Waals surface area (Å²) in [6, 6.07) is 0. The number of aryl methyl sites for hydroxylation is 2. The van der Waals surface area contributed by atoms with Gasteiger partial charge in [-0.1, -0.05) is 13.8 Å². The van der Waals surface area contributed by atoms with Gasteiger partial charge >= 0.3 is 6.09 Å². The Hall–Kier alpha value is -1.56. The number of hydrogen-bond donors (Lipinski definition) is 2. The Morgan fingerprint density at radius 3 is 2.35 bits per heavy atom. The molecule has 6 nitrogen and oxygen atoms in total. The number of nitrogens with one attached hydrogen (secondary N) is 2. The molecule has 1 aromatic rings. The zero-order chi connectivity index (χ0) is 17.7. The predicted molar refractivity (Wildman–Crippen MR) is 92.3 cm³/mol. The fraction of sp³-hybridized carbons (Fsp3) is 0.765. The Kier molecular flexibility index (Phi) is 6.62. The van der Waals surface area contributed by atoms with Gasteiger partial charge in [-0.3, -0.25) is 4.68 Å². The van der Waals surface area contributed by atoms with Crippen LogP contribution < -0.4 is 10.6 Å². The topological polar surface area (TPSA) is 68.2 Å². The number of hydrogen-bond acceptors (Lipinski definition) is 4. The Labute approximate surface area is 140 Å². The number of alkyl carbamates (subject to hydrolysis) is 1. The minimum absolute atomic E-state index is 0.307. The minimum atomic E-state index is -0.489. The molecule has 0 saturated heterocycles. The van der Waals surface area contributed by atoms with Crippen molar-refractivity contribution in [1.29, 1.82) is 0 Å². The van der Waals surface area contributed by atoms with E-state index in [-0.39, 0.29) is 11.6 Å². The van der Waals surface area contributed by atoms with Crippen LogP contribution in [0.25, 0.3) is 0 Å². The quantitative estimate of drug-likeness (QED) is 0.809. The average molecular weight is 324 g/mol. The number of carbonyl (C=O) groups excluding carboxylic acids is 1. The number of nitrogens with zero attached hydrogens (tertiary/aromatic N) is 2. The SMILES string of the molecule is CCC(CC)(CNCc1cn(C)nc1C)NC(=O)OC(C)(C)C. The van der Waals surface area contributed by atoms with Crippen molar-refractivity contribution in [3.05, 3.63) is 17.5 Å². The first kappa shape index (κ1) is 19.5. The van der Waals surface area contributed by atoms with E-state index in [1.165, 1.54) is 5.56 Å². The number of amides is 1. The molecule has 1 amide bonds. The van der Waals surface area contributed by atoms with Gasteiger partial charge in [0.2, 0.25) is 0 Å². The van der Waals surface area contributed by atoms with E-state index in [1.54, 1.807) is 0 Å². The summed E-state index contributed by atoms with van der Waals surface area (Å²) >= 11 is 0. The van der Waals surface area contributed by atoms with Gasteiger partial charge in [0.25, 0.3) is 0 Å². The maximum atomic E-state index is 12.1. The van der Waals surface area contributed by atoms with Crippen molar-refractivity contribution in [2.24, 2.45) is 7.05 Å². The molecule has 0 radical (unpaired) electrons. The molecule has 0 aliphatic heterocycles. The summed E-state index contributed by atoms with van der Waals surface area (Å²) in [6.07, 6.45) is 3.33. The van der Waals surface area contributed by atoms with E-state index in [9.17, 15) is 4.79 Å². The molecule has 0 aromatic carbocycles. The van der Waals surface area contributed by atoms with Crippen LogP contribution in [0.5, 0.6) is 0 Å². The van der Waals surface area contributed by atoms with Gasteiger partial charge in [-0.15, -0.1) is 0 Å². The van der Waals surface area contributed by atoms with Crippen LogP contribution in [0.4, 0.5) is 4.79 Å². The molecule has 0 fully saturated rings. The highest BCUT2D eigenvalue weighted by Crippen LogP contribution is 2.16. The second kappa shape index (κ2) is 7.81. The maximum absolute atomic E-state index is 12.1. The van der Waals surface area contributed by atoms with Crippen LogP contribution in [0.1, 0.15) is 58.7 Å². The average Bonchev–Trinajstić information content (AvgIpc) is 2.73. The first-order chi connectivity index (χ1) is 10.6. The summed E-state index contributed by atoms with van der Waals surface area (Å²) in [4.78, 5) is 12.1. The van der Waals surface area contributed by atoms with Crippen LogP contribution in [0.15, 0.2) is 6.20 Å². The zero-order valence-corrected chi connectivity index (χ0v) is 15.6. The van der Waals surface area contributed by atoms with E-state index in [0.29, 0.717) is 6.54 Å². The van der Waals surface area contributed by atoms with Gasteiger partial charge in [0.05, 0.1) is 11.2 Å². The van der Waals surface area contributed by atoms with Gasteiger partial charge in [0, 0.05) is 31.9 Å². The normalized spacial score (nSPS) is 12.3. The molecular formula is C17H32N4O2. The molecule has 6 heteroatoms. The Morgan fingerprint density at radius 2 is 1.91 bits per heavy atom. The molecule has 0 unspecified atom stereocenters. The summed E-state index contributed by atoms with van der Waals surface area (Å²) in [5.74, 6) is 0. The summed E-state index contributed by atoms with van der Waals surface area (Å²) in [5.41, 5.74) is 1.40. The van der Waals surface area contributed by atoms with E-state index >= 15 is 0 Å². The Bertz CT molecular complexity index is 513. The van der Waals surface area contributed by atoms with Gasteiger partial charge in [-0.25, -0.2) is 4.79 Å². The van der Waals surface area contributed by atoms with Crippen molar-refractivity contribution >= 4 is 6.09 Å². The van der Waals surface area contributed by atoms with E-state index in [2.05, 4.69) is 29.6 Å². The van der Waals surface area contributed by atoms with E-state index in [4.69, 9.17) is 4.74 Å². The highest BCUT2D eigenvalue weighted by Gasteiger charge is 2.30. The van der Waals surface area contributed by atoms with Crippen LogP contribution in [0.2, 0.25) is 0 Å². The van der Waals surface area contributed by atoms with Crippen LogP contribution in [-0.2, 0) is 18.3 Å². The van der Waals surface area contributed by atoms with Gasteiger partial charge in [-0.2, -0.15) is 5.10 Å². The van der Waals surface area contributed by atoms with E-state index in [1.807, 2.05) is 45.6 Å². The lowest BCUT2D eigenvalue weighted by molar-refractivity contribution is 0.0446. The van der Waals surface area contributed by atoms with E-state index < -0.39 is 5.60 Å². The largest absolute Gasteiger partial charge is 0.444 e. The third-order valence-electron chi connectivity index (χ3n) is 4.01. The summed E-state index contributed by atoms with van der Waals surface area (Å²) in [5, 5.41) is 10.8. The molecule has 23 heavy (non-hydrogen) atoms. The number of ether oxygens (including phenoxy) is 1. The van der Waals surface area contributed by atoms with Crippen molar-refractivity contribution in [3.8, 4) is 0 Å². The smallest absolute Gasteiger partial charge is 0.408 e. The molecule has 0 atom stereocenters. The molecule has 0 saturated carbocycles. The van der Waals surface area contributed by atoms with Crippen molar-refractivity contribution in [1.82, 2.24) is 20.4 Å². The number of aromatic nitrogens is 2. The van der Waals surface area contributed by atoms with Crippen molar-refractivity contribution in [2.75, 3.05) is 6.54 Å². The van der Waals surface area contributed by atoms with Gasteiger partial charge in [0.1, 0.15) is 5.60 Å². The summed E-state index contributed by atoms with van der Waals surface area (Å²) < 4.78 is 7.21. The lowest BCUT2D eigenvalue weighted by Gasteiger charge is -2.34. The van der Waals surface area contributed by atoms with E-state index in [0.717, 1.165) is 25.1 Å². The molecule has 2 N–H and O–H groups in total. The monoisotopic (exact) mass is 324 g/mol. The van der Waals surface area contributed by atoms with Crippen LogP contribution >= 0.6 is 0 Å². The molecule has 0 spiro atoms. The van der Waals surface area contributed by atoms with Crippen molar-refractivity contribution in [2.45, 2.75) is 72.1 Å². The standard InChI is InChI=1S/C17H32N4O2/c1-8-17(9-2,19-15(22)23-16(4,5)6)12-18-10-14-11-21(7)20-13(14)3/h11,18H,8-10,12H2,1-7H3,(H,19,22). The lowest BCUT2D eigenvalue weighted by atomic mass is 9.92. The molecule has 0 aliphatic carbocycles. The van der Waals surface area contributed by atoms with Crippen LogP contribution in [-0.4, -0.2) is 33.6 Å². The molecule has 0 aliphatic rings. The molecule has 1 heterocycles. The van der Waals surface area contributed by atoms with Gasteiger partial charge < -0.3 is 15.4 Å². The fourth-order valence-electron chi connectivity index (χ4n) is 2.50.